The second-order valence-electron chi connectivity index (χ2n) is 8.08. The first-order valence-corrected chi connectivity index (χ1v) is 10.7. The number of carbonyl (C=O) groups excluding carboxylic acids is 1. The minimum Gasteiger partial charge on any atom is -0.355 e. The van der Waals surface area contributed by atoms with E-state index in [4.69, 9.17) is 9.47 Å². The Bertz CT molecular complexity index is 965. The molecule has 0 atom stereocenters. The van der Waals surface area contributed by atoms with Crippen molar-refractivity contribution < 1.29 is 14.3 Å². The summed E-state index contributed by atoms with van der Waals surface area (Å²) >= 11 is 0. The fourth-order valence-corrected chi connectivity index (χ4v) is 4.47. The van der Waals surface area contributed by atoms with Crippen molar-refractivity contribution in [2.45, 2.75) is 31.5 Å². The van der Waals surface area contributed by atoms with Gasteiger partial charge in [0.1, 0.15) is 5.82 Å². The Morgan fingerprint density at radius 3 is 2.23 bits per heavy atom. The molecule has 3 fully saturated rings. The third-order valence-electron chi connectivity index (χ3n) is 6.20. The van der Waals surface area contributed by atoms with Gasteiger partial charge in [-0.15, -0.1) is 5.10 Å². The molecule has 1 aromatic carbocycles. The topological polar surface area (TPSA) is 76.9 Å². The summed E-state index contributed by atoms with van der Waals surface area (Å²) in [6, 6.07) is 10.4. The van der Waals surface area contributed by atoms with Crippen molar-refractivity contribution in [1.82, 2.24) is 14.7 Å². The summed E-state index contributed by atoms with van der Waals surface area (Å²) in [5, 5.41) is 4.54. The Morgan fingerprint density at radius 2 is 1.57 bits per heavy atom. The average molecular weight is 410 g/mol. The van der Waals surface area contributed by atoms with Gasteiger partial charge >= 0.3 is 0 Å². The van der Waals surface area contributed by atoms with Gasteiger partial charge in [0.05, 0.1) is 18.9 Å². The molecule has 8 nitrogen and oxygen atoms in total. The summed E-state index contributed by atoms with van der Waals surface area (Å²) in [4.78, 5) is 29.3. The molecule has 1 aromatic heterocycles. The molecule has 0 unspecified atom stereocenters. The van der Waals surface area contributed by atoms with Gasteiger partial charge in [0.2, 0.25) is 0 Å². The molecule has 3 saturated heterocycles. The molecule has 0 saturated carbocycles. The Labute approximate surface area is 175 Å². The molecular formula is C22H26N4O4. The molecule has 0 radical (unpaired) electrons. The van der Waals surface area contributed by atoms with Crippen LogP contribution >= 0.6 is 0 Å². The van der Waals surface area contributed by atoms with E-state index in [0.717, 1.165) is 31.7 Å². The molecule has 0 N–H and O–H groups in total. The van der Waals surface area contributed by atoms with Crippen LogP contribution in [-0.4, -0.2) is 65.8 Å². The van der Waals surface area contributed by atoms with Crippen molar-refractivity contribution in [3.8, 4) is 5.69 Å². The summed E-state index contributed by atoms with van der Waals surface area (Å²) in [5.74, 6) is 0.305. The van der Waals surface area contributed by atoms with Gasteiger partial charge in [-0.3, -0.25) is 9.59 Å². The van der Waals surface area contributed by atoms with Gasteiger partial charge in [-0.1, -0.05) is 0 Å². The maximum Gasteiger partial charge on any atom is 0.271 e. The van der Waals surface area contributed by atoms with E-state index in [9.17, 15) is 9.59 Å². The van der Waals surface area contributed by atoms with E-state index >= 15 is 0 Å². The minimum atomic E-state index is -0.492. The predicted molar refractivity (Wildman–Crippen MR) is 111 cm³/mol. The van der Waals surface area contributed by atoms with Crippen LogP contribution in [0.2, 0.25) is 0 Å². The molecule has 3 aliphatic rings. The number of anilines is 1. The van der Waals surface area contributed by atoms with Crippen molar-refractivity contribution in [2.24, 2.45) is 0 Å². The van der Waals surface area contributed by atoms with Crippen molar-refractivity contribution >= 4 is 11.7 Å². The highest BCUT2D eigenvalue weighted by molar-refractivity contribution is 5.94. The molecule has 0 aliphatic carbocycles. The van der Waals surface area contributed by atoms with Crippen molar-refractivity contribution in [3.05, 3.63) is 52.3 Å². The molecule has 4 heterocycles. The second kappa shape index (κ2) is 7.85. The van der Waals surface area contributed by atoms with Crippen LogP contribution < -0.4 is 10.5 Å². The van der Waals surface area contributed by atoms with Crippen molar-refractivity contribution in [1.29, 1.82) is 0 Å². The van der Waals surface area contributed by atoms with E-state index in [0.29, 0.717) is 50.4 Å². The lowest BCUT2D eigenvalue weighted by molar-refractivity contribution is -0.181. The average Bonchev–Trinajstić information content (AvgIpc) is 3.47. The standard InChI is InChI=1S/C22H26N4O4/c27-20-8-7-19(24-11-1-2-12-24)23-26(20)18-5-3-17(4-6-18)21(28)25-13-9-22(10-14-25)29-15-16-30-22/h3-8H,1-2,9-16H2. The van der Waals surface area contributed by atoms with E-state index in [1.807, 2.05) is 4.90 Å². The number of hydrogen-bond acceptors (Lipinski definition) is 6. The molecule has 2 aromatic rings. The molecule has 1 amide bonds. The minimum absolute atomic E-state index is 0.0134. The third kappa shape index (κ3) is 3.61. The molecule has 158 valence electrons. The largest absolute Gasteiger partial charge is 0.355 e. The quantitative estimate of drug-likeness (QED) is 0.768. The van der Waals surface area contributed by atoms with Gasteiger partial charge in [0, 0.05) is 50.7 Å². The van der Waals surface area contributed by atoms with Crippen molar-refractivity contribution in [3.63, 3.8) is 0 Å². The SMILES string of the molecule is O=C(c1ccc(-n2nc(N3CCCC3)ccc2=O)cc1)N1CCC2(CC1)OCCO2. The van der Waals surface area contributed by atoms with Crippen molar-refractivity contribution in [2.75, 3.05) is 44.3 Å². The fraction of sp³-hybridized carbons (Fsp3) is 0.500. The Morgan fingerprint density at radius 1 is 0.900 bits per heavy atom. The van der Waals surface area contributed by atoms with Crippen LogP contribution in [0.1, 0.15) is 36.0 Å². The molecule has 3 aliphatic heterocycles. The van der Waals surface area contributed by atoms with E-state index < -0.39 is 5.79 Å². The summed E-state index contributed by atoms with van der Waals surface area (Å²) in [6.07, 6.45) is 3.68. The zero-order valence-electron chi connectivity index (χ0n) is 17.0. The van der Waals surface area contributed by atoms with Gasteiger partial charge in [-0.2, -0.15) is 4.68 Å². The molecule has 8 heteroatoms. The highest BCUT2D eigenvalue weighted by Crippen LogP contribution is 2.31. The lowest BCUT2D eigenvalue weighted by atomic mass is 10.0. The predicted octanol–water partition coefficient (Wildman–Crippen LogP) is 1.81. The third-order valence-corrected chi connectivity index (χ3v) is 6.20. The fourth-order valence-electron chi connectivity index (χ4n) is 4.47. The van der Waals surface area contributed by atoms with Crippen LogP contribution in [0.15, 0.2) is 41.2 Å². The van der Waals surface area contributed by atoms with Gasteiger partial charge in [-0.25, -0.2) is 0 Å². The normalized spacial score (nSPS) is 20.8. The maximum absolute atomic E-state index is 12.9. The Kier molecular flexibility index (Phi) is 5.04. The van der Waals surface area contributed by atoms with Gasteiger partial charge < -0.3 is 19.3 Å². The smallest absolute Gasteiger partial charge is 0.271 e. The van der Waals surface area contributed by atoms with E-state index in [-0.39, 0.29) is 11.5 Å². The van der Waals surface area contributed by atoms with E-state index in [1.54, 1.807) is 36.4 Å². The molecule has 1 spiro atoms. The van der Waals surface area contributed by atoms with Gasteiger partial charge in [0.15, 0.2) is 5.79 Å². The molecule has 30 heavy (non-hydrogen) atoms. The first kappa shape index (κ1) is 19.3. The monoisotopic (exact) mass is 410 g/mol. The number of likely N-dealkylation sites (tertiary alicyclic amines) is 1. The summed E-state index contributed by atoms with van der Waals surface area (Å²) in [7, 11) is 0. The van der Waals surface area contributed by atoms with Crippen LogP contribution in [0.5, 0.6) is 0 Å². The van der Waals surface area contributed by atoms with Crippen LogP contribution in [0.4, 0.5) is 5.82 Å². The highest BCUT2D eigenvalue weighted by Gasteiger charge is 2.40. The number of piperidine rings is 1. The van der Waals surface area contributed by atoms with Crippen LogP contribution in [-0.2, 0) is 9.47 Å². The number of benzene rings is 1. The molecule has 5 rings (SSSR count). The van der Waals surface area contributed by atoms with E-state index in [2.05, 4.69) is 10.00 Å². The summed E-state index contributed by atoms with van der Waals surface area (Å²) < 4.78 is 12.9. The number of aromatic nitrogens is 2. The number of carbonyl (C=O) groups is 1. The van der Waals surface area contributed by atoms with Crippen LogP contribution in [0.25, 0.3) is 5.69 Å². The maximum atomic E-state index is 12.9. The van der Waals surface area contributed by atoms with E-state index in [1.165, 1.54) is 4.68 Å². The number of amides is 1. The first-order chi connectivity index (χ1) is 14.6. The van der Waals surface area contributed by atoms with Crippen LogP contribution in [0.3, 0.4) is 0 Å². The number of nitrogens with zero attached hydrogens (tertiary/aromatic N) is 4. The first-order valence-electron chi connectivity index (χ1n) is 10.7. The van der Waals surface area contributed by atoms with Gasteiger partial charge in [-0.05, 0) is 43.2 Å². The highest BCUT2D eigenvalue weighted by atomic mass is 16.7. The Balaban J connectivity index is 1.30. The Hall–Kier alpha value is -2.71. The lowest BCUT2D eigenvalue weighted by Gasteiger charge is -2.37. The number of rotatable bonds is 3. The molecular weight excluding hydrogens is 384 g/mol. The van der Waals surface area contributed by atoms with Gasteiger partial charge in [0.25, 0.3) is 11.5 Å². The van der Waals surface area contributed by atoms with Crippen LogP contribution in [0, 0.1) is 0 Å². The number of hydrogen-bond donors (Lipinski definition) is 0. The zero-order valence-corrected chi connectivity index (χ0v) is 17.0. The lowest BCUT2D eigenvalue weighted by Crippen LogP contribution is -2.47. The summed E-state index contributed by atoms with van der Waals surface area (Å²) in [5.41, 5.74) is 1.07. The zero-order chi connectivity index (χ0) is 20.6. The second-order valence-corrected chi connectivity index (χ2v) is 8.08. The molecule has 0 bridgehead atoms. The summed E-state index contributed by atoms with van der Waals surface area (Å²) in [6.45, 7) is 4.40. The number of ether oxygens (including phenoxy) is 2.